The predicted molar refractivity (Wildman–Crippen MR) is 146 cm³/mol. The number of hydrogen-bond donors (Lipinski definition) is 2. The summed E-state index contributed by atoms with van der Waals surface area (Å²) < 4.78 is 20.1. The SMILES string of the molecule is C/C=C\Cc1c2c(c(O)c3c1O[C@]14C(=CC5CC1C(C)(C)OC4(C/C=C(\C)CO)C5=O)C3=O)C=CC(C)(C)O2. The molecular weight excluding hydrogens is 496 g/mol. The van der Waals surface area contributed by atoms with E-state index in [0.717, 1.165) is 0 Å². The summed E-state index contributed by atoms with van der Waals surface area (Å²) in [6.07, 6.45) is 12.2. The molecule has 7 nitrogen and oxygen atoms in total. The number of ether oxygens (including phenoxy) is 3. The topological polar surface area (TPSA) is 102 Å². The fourth-order valence-electron chi connectivity index (χ4n) is 7.37. The number of aliphatic hydroxyl groups is 1. The van der Waals surface area contributed by atoms with Gasteiger partial charge in [-0.1, -0.05) is 29.9 Å². The molecule has 7 rings (SSSR count). The Morgan fingerprint density at radius 2 is 1.90 bits per heavy atom. The summed E-state index contributed by atoms with van der Waals surface area (Å²) in [6.45, 7) is 11.3. The molecule has 1 saturated carbocycles. The monoisotopic (exact) mass is 532 g/mol. The lowest BCUT2D eigenvalue weighted by Gasteiger charge is -2.56. The molecule has 0 amide bonds. The van der Waals surface area contributed by atoms with Crippen LogP contribution in [-0.2, 0) is 16.0 Å². The van der Waals surface area contributed by atoms with Gasteiger partial charge in [0.25, 0.3) is 0 Å². The minimum absolute atomic E-state index is 0.104. The van der Waals surface area contributed by atoms with Gasteiger partial charge in [0.2, 0.25) is 0 Å². The molecule has 3 aliphatic heterocycles. The number of allylic oxidation sites excluding steroid dienone is 3. The zero-order chi connectivity index (χ0) is 28.1. The molecule has 3 unspecified atom stereocenters. The average molecular weight is 533 g/mol. The summed E-state index contributed by atoms with van der Waals surface area (Å²) in [7, 11) is 0. The van der Waals surface area contributed by atoms with Crippen molar-refractivity contribution in [1.29, 1.82) is 0 Å². The Morgan fingerprint density at radius 3 is 2.59 bits per heavy atom. The molecule has 0 aromatic heterocycles. The number of ketones is 2. The average Bonchev–Trinajstić information content (AvgIpc) is 3.03. The molecule has 206 valence electrons. The van der Waals surface area contributed by atoms with Crippen molar-refractivity contribution in [2.75, 3.05) is 6.61 Å². The normalized spacial score (nSPS) is 32.9. The van der Waals surface area contributed by atoms with E-state index in [0.29, 0.717) is 40.9 Å². The molecule has 7 heteroatoms. The third-order valence-electron chi connectivity index (χ3n) is 9.17. The Bertz CT molecular complexity index is 1440. The summed E-state index contributed by atoms with van der Waals surface area (Å²) in [4.78, 5) is 28.6. The lowest BCUT2D eigenvalue weighted by Crippen LogP contribution is -2.72. The lowest BCUT2D eigenvalue weighted by molar-refractivity contribution is -0.171. The van der Waals surface area contributed by atoms with Crippen molar-refractivity contribution < 1.29 is 34.0 Å². The van der Waals surface area contributed by atoms with Crippen molar-refractivity contribution in [3.8, 4) is 17.2 Å². The number of aliphatic hydroxyl groups excluding tert-OH is 1. The number of aromatic hydroxyl groups is 1. The van der Waals surface area contributed by atoms with Crippen LogP contribution in [0.3, 0.4) is 0 Å². The Labute approximate surface area is 228 Å². The second-order valence-corrected chi connectivity index (χ2v) is 12.5. The third kappa shape index (κ3) is 3.23. The molecule has 3 heterocycles. The van der Waals surface area contributed by atoms with Crippen LogP contribution in [0.2, 0.25) is 0 Å². The van der Waals surface area contributed by atoms with E-state index < -0.39 is 28.3 Å². The van der Waals surface area contributed by atoms with Gasteiger partial charge in [-0.05, 0) is 66.5 Å². The first kappa shape index (κ1) is 26.1. The number of Topliss-reactive ketones (excluding diaryl/α,β-unsaturated/α-hetero) is 2. The first-order valence-corrected chi connectivity index (χ1v) is 13.7. The largest absolute Gasteiger partial charge is 0.506 e. The summed E-state index contributed by atoms with van der Waals surface area (Å²) in [5, 5.41) is 21.2. The highest BCUT2D eigenvalue weighted by atomic mass is 16.6. The van der Waals surface area contributed by atoms with Crippen LogP contribution in [0, 0.1) is 11.8 Å². The lowest BCUT2D eigenvalue weighted by atomic mass is 9.51. The smallest absolute Gasteiger partial charge is 0.200 e. The maximum Gasteiger partial charge on any atom is 0.200 e. The summed E-state index contributed by atoms with van der Waals surface area (Å²) >= 11 is 0. The second-order valence-electron chi connectivity index (χ2n) is 12.5. The van der Waals surface area contributed by atoms with Gasteiger partial charge in [0, 0.05) is 29.4 Å². The number of fused-ring (bicyclic) bond motifs is 2. The van der Waals surface area contributed by atoms with Crippen LogP contribution < -0.4 is 9.47 Å². The van der Waals surface area contributed by atoms with Crippen LogP contribution in [0.4, 0.5) is 0 Å². The molecule has 2 N–H and O–H groups in total. The zero-order valence-electron chi connectivity index (χ0n) is 23.4. The third-order valence-corrected chi connectivity index (χ3v) is 9.17. The van der Waals surface area contributed by atoms with Gasteiger partial charge in [-0.2, -0.15) is 0 Å². The summed E-state index contributed by atoms with van der Waals surface area (Å²) in [5.74, 6) is -0.668. The molecule has 0 radical (unpaired) electrons. The van der Waals surface area contributed by atoms with Gasteiger partial charge in [0.05, 0.1) is 17.8 Å². The highest BCUT2D eigenvalue weighted by molar-refractivity contribution is 6.19. The number of carbonyl (C=O) groups excluding carboxylic acids is 2. The molecule has 1 aromatic carbocycles. The van der Waals surface area contributed by atoms with Crippen molar-refractivity contribution in [1.82, 2.24) is 0 Å². The van der Waals surface area contributed by atoms with E-state index in [1.165, 1.54) is 0 Å². The van der Waals surface area contributed by atoms with Gasteiger partial charge < -0.3 is 24.4 Å². The fourth-order valence-corrected chi connectivity index (χ4v) is 7.37. The fraction of sp³-hybridized carbons (Fsp3) is 0.500. The van der Waals surface area contributed by atoms with Crippen LogP contribution >= 0.6 is 0 Å². The van der Waals surface area contributed by atoms with Gasteiger partial charge in [-0.25, -0.2) is 0 Å². The van der Waals surface area contributed by atoms with Crippen LogP contribution in [0.1, 0.15) is 75.9 Å². The van der Waals surface area contributed by atoms with Gasteiger partial charge in [0.15, 0.2) is 22.8 Å². The number of phenols is 1. The van der Waals surface area contributed by atoms with Gasteiger partial charge in [-0.15, -0.1) is 0 Å². The van der Waals surface area contributed by atoms with Gasteiger partial charge >= 0.3 is 0 Å². The number of hydrogen-bond acceptors (Lipinski definition) is 7. The van der Waals surface area contributed by atoms with E-state index in [2.05, 4.69) is 0 Å². The molecule has 3 aliphatic carbocycles. The van der Waals surface area contributed by atoms with Crippen molar-refractivity contribution in [2.24, 2.45) is 11.8 Å². The first-order chi connectivity index (χ1) is 18.3. The number of phenolic OH excluding ortho intramolecular Hbond substituents is 1. The Hall–Kier alpha value is -3.16. The highest BCUT2D eigenvalue weighted by Gasteiger charge is 2.81. The van der Waals surface area contributed by atoms with Crippen LogP contribution in [0.15, 0.2) is 41.5 Å². The molecule has 6 aliphatic rings. The van der Waals surface area contributed by atoms with Crippen LogP contribution in [0.25, 0.3) is 6.08 Å². The number of benzene rings is 1. The van der Waals surface area contributed by atoms with E-state index in [1.54, 1.807) is 19.1 Å². The Kier molecular flexibility index (Phi) is 5.47. The maximum atomic E-state index is 14.5. The zero-order valence-corrected chi connectivity index (χ0v) is 23.4. The van der Waals surface area contributed by atoms with Crippen molar-refractivity contribution >= 4 is 17.6 Å². The standard InChI is InChI=1S/C32H36O7/c1-7-8-9-20-26-19(11-12-29(3,4)37-26)24(34)23-25(35)21-14-18-15-22-30(5,6)39-31(28(18)36,13-10-17(2)16-33)32(21,22)38-27(20)23/h7-8,10-12,14,18,22,33-34H,9,13,15-16H2,1-6H3/b8-7-,17-10+/t18?,22?,31?,32-/m1/s1. The van der Waals surface area contributed by atoms with Gasteiger partial charge in [0.1, 0.15) is 28.4 Å². The maximum absolute atomic E-state index is 14.5. The number of rotatable bonds is 5. The molecule has 4 bridgehead atoms. The van der Waals surface area contributed by atoms with Gasteiger partial charge in [-0.3, -0.25) is 9.59 Å². The second kappa shape index (κ2) is 8.18. The van der Waals surface area contributed by atoms with E-state index >= 15 is 0 Å². The molecule has 4 atom stereocenters. The van der Waals surface area contributed by atoms with Crippen molar-refractivity contribution in [2.45, 2.75) is 83.2 Å². The quantitative estimate of drug-likeness (QED) is 0.513. The van der Waals surface area contributed by atoms with Crippen LogP contribution in [-0.4, -0.2) is 50.8 Å². The van der Waals surface area contributed by atoms with Crippen molar-refractivity contribution in [3.05, 3.63) is 58.2 Å². The number of carbonyl (C=O) groups is 2. The Morgan fingerprint density at radius 1 is 1.15 bits per heavy atom. The van der Waals surface area contributed by atoms with Crippen molar-refractivity contribution in [3.63, 3.8) is 0 Å². The molecule has 1 saturated heterocycles. The minimum atomic E-state index is -1.44. The summed E-state index contributed by atoms with van der Waals surface area (Å²) in [6, 6.07) is 0. The Balaban J connectivity index is 1.66. The molecule has 1 spiro atoms. The molecular formula is C32H36O7. The predicted octanol–water partition coefficient (Wildman–Crippen LogP) is 5.03. The molecule has 2 fully saturated rings. The highest BCUT2D eigenvalue weighted by Crippen LogP contribution is 2.68. The van der Waals surface area contributed by atoms with E-state index in [9.17, 15) is 19.8 Å². The minimum Gasteiger partial charge on any atom is -0.506 e. The molecule has 39 heavy (non-hydrogen) atoms. The van der Waals surface area contributed by atoms with Crippen LogP contribution in [0.5, 0.6) is 17.2 Å². The first-order valence-electron chi connectivity index (χ1n) is 13.7. The van der Waals surface area contributed by atoms with E-state index in [1.807, 2.05) is 58.9 Å². The summed E-state index contributed by atoms with van der Waals surface area (Å²) in [5.41, 5.74) is -1.90. The van der Waals surface area contributed by atoms with E-state index in [-0.39, 0.29) is 47.6 Å². The molecule has 1 aromatic rings. The van der Waals surface area contributed by atoms with E-state index in [4.69, 9.17) is 14.2 Å².